The number of furan rings is 1. The van der Waals surface area contributed by atoms with Crippen molar-refractivity contribution < 1.29 is 8.94 Å². The van der Waals surface area contributed by atoms with Crippen LogP contribution in [0.1, 0.15) is 24.8 Å². The van der Waals surface area contributed by atoms with Crippen molar-refractivity contribution in [2.24, 2.45) is 0 Å². The minimum Gasteiger partial charge on any atom is -0.461 e. The Kier molecular flexibility index (Phi) is 5.05. The van der Waals surface area contributed by atoms with Crippen LogP contribution < -0.4 is 0 Å². The topological polar surface area (TPSA) is 69.9 Å². The third-order valence-corrected chi connectivity index (χ3v) is 5.45. The highest BCUT2D eigenvalue weighted by Gasteiger charge is 2.20. The van der Waals surface area contributed by atoms with Crippen LogP contribution in [0.4, 0.5) is 0 Å². The zero-order valence-electron chi connectivity index (χ0n) is 14.8. The molecular weight excluding hydrogens is 384 g/mol. The number of rotatable bonds is 6. The zero-order chi connectivity index (χ0) is 18.8. The Hall–Kier alpha value is -2.51. The van der Waals surface area contributed by atoms with Crippen molar-refractivity contribution in [3.05, 3.63) is 59.4 Å². The molecule has 1 aromatic carbocycles. The fourth-order valence-corrected chi connectivity index (χ4v) is 3.89. The molecule has 3 aromatic heterocycles. The Balaban J connectivity index is 1.56. The molecule has 6 nitrogen and oxygen atoms in total. The zero-order valence-corrected chi connectivity index (χ0v) is 16.4. The summed E-state index contributed by atoms with van der Waals surface area (Å²) in [6.45, 7) is 4.86. The van der Waals surface area contributed by atoms with Crippen LogP contribution in [0.5, 0.6) is 0 Å². The van der Waals surface area contributed by atoms with Gasteiger partial charge in [0.1, 0.15) is 0 Å². The molecule has 1 unspecified atom stereocenters. The van der Waals surface area contributed by atoms with Gasteiger partial charge in [-0.25, -0.2) is 0 Å². The fourth-order valence-electron chi connectivity index (χ4n) is 2.73. The quantitative estimate of drug-likeness (QED) is 0.385. The van der Waals surface area contributed by atoms with Gasteiger partial charge >= 0.3 is 0 Å². The van der Waals surface area contributed by atoms with Crippen molar-refractivity contribution in [2.75, 3.05) is 0 Å². The van der Waals surface area contributed by atoms with E-state index in [0.717, 1.165) is 28.8 Å². The molecule has 0 bridgehead atoms. The highest BCUT2D eigenvalue weighted by atomic mass is 35.5. The average Bonchev–Trinajstić information content (AvgIpc) is 3.41. The molecule has 8 heteroatoms. The van der Waals surface area contributed by atoms with Gasteiger partial charge in [0.2, 0.25) is 0 Å². The van der Waals surface area contributed by atoms with Gasteiger partial charge in [-0.1, -0.05) is 40.7 Å². The molecule has 4 aromatic rings. The van der Waals surface area contributed by atoms with Gasteiger partial charge in [0.15, 0.2) is 22.5 Å². The molecule has 0 saturated heterocycles. The molecule has 1 atom stereocenters. The monoisotopic (exact) mass is 400 g/mol. The summed E-state index contributed by atoms with van der Waals surface area (Å²) in [5, 5.41) is 14.3. The number of hydrogen-bond donors (Lipinski definition) is 0. The maximum absolute atomic E-state index is 6.06. The number of thioether (sulfide) groups is 1. The number of benzene rings is 1. The van der Waals surface area contributed by atoms with Crippen LogP contribution in [-0.2, 0) is 6.54 Å². The van der Waals surface area contributed by atoms with E-state index in [2.05, 4.69) is 29.2 Å². The highest BCUT2D eigenvalue weighted by Crippen LogP contribution is 2.36. The maximum atomic E-state index is 6.06. The SMILES string of the molecule is CCn1c(SC(C)c2cc(-c3cccc(Cl)c3)on2)nnc1-c1ccco1. The molecule has 27 heavy (non-hydrogen) atoms. The van der Waals surface area contributed by atoms with Gasteiger partial charge in [0.05, 0.1) is 17.2 Å². The Morgan fingerprint density at radius 3 is 2.78 bits per heavy atom. The Bertz CT molecular complexity index is 1040. The van der Waals surface area contributed by atoms with Crippen molar-refractivity contribution in [3.63, 3.8) is 0 Å². The first kappa shape index (κ1) is 17.9. The third kappa shape index (κ3) is 3.65. The Morgan fingerprint density at radius 2 is 2.04 bits per heavy atom. The van der Waals surface area contributed by atoms with Gasteiger partial charge in [-0.15, -0.1) is 10.2 Å². The first-order valence-electron chi connectivity index (χ1n) is 8.52. The first-order chi connectivity index (χ1) is 13.2. The molecule has 0 spiro atoms. The van der Waals surface area contributed by atoms with E-state index in [9.17, 15) is 0 Å². The van der Waals surface area contributed by atoms with Crippen molar-refractivity contribution in [2.45, 2.75) is 30.8 Å². The molecule has 0 N–H and O–H groups in total. The lowest BCUT2D eigenvalue weighted by molar-refractivity contribution is 0.424. The van der Waals surface area contributed by atoms with E-state index in [4.69, 9.17) is 20.5 Å². The Labute approximate surface area is 165 Å². The standard InChI is InChI=1S/C19H17ClN4O2S/c1-3-24-18(16-8-5-9-25-16)21-22-19(24)27-12(2)15-11-17(26-23-15)13-6-4-7-14(20)10-13/h4-12H,3H2,1-2H3. The Morgan fingerprint density at radius 1 is 1.15 bits per heavy atom. The van der Waals surface area contributed by atoms with Crippen LogP contribution in [0, 0.1) is 0 Å². The van der Waals surface area contributed by atoms with E-state index in [0.29, 0.717) is 16.5 Å². The molecule has 0 fully saturated rings. The van der Waals surface area contributed by atoms with E-state index in [1.165, 1.54) is 0 Å². The van der Waals surface area contributed by atoms with Crippen molar-refractivity contribution in [3.8, 4) is 22.9 Å². The summed E-state index contributed by atoms with van der Waals surface area (Å²) in [6.07, 6.45) is 1.63. The number of nitrogens with zero attached hydrogens (tertiary/aromatic N) is 4. The summed E-state index contributed by atoms with van der Waals surface area (Å²) in [7, 11) is 0. The largest absolute Gasteiger partial charge is 0.461 e. The molecule has 0 aliphatic heterocycles. The summed E-state index contributed by atoms with van der Waals surface area (Å²) in [5.74, 6) is 2.11. The maximum Gasteiger partial charge on any atom is 0.200 e. The van der Waals surface area contributed by atoms with Gasteiger partial charge in [-0.3, -0.25) is 4.57 Å². The van der Waals surface area contributed by atoms with Gasteiger partial charge in [0.25, 0.3) is 0 Å². The second-order valence-electron chi connectivity index (χ2n) is 5.91. The van der Waals surface area contributed by atoms with E-state index < -0.39 is 0 Å². The van der Waals surface area contributed by atoms with Crippen LogP contribution in [-0.4, -0.2) is 19.9 Å². The van der Waals surface area contributed by atoms with E-state index >= 15 is 0 Å². The van der Waals surface area contributed by atoms with Crippen LogP contribution in [0.25, 0.3) is 22.9 Å². The lowest BCUT2D eigenvalue weighted by Crippen LogP contribution is -2.00. The van der Waals surface area contributed by atoms with Crippen molar-refractivity contribution >= 4 is 23.4 Å². The van der Waals surface area contributed by atoms with E-state index in [-0.39, 0.29) is 5.25 Å². The van der Waals surface area contributed by atoms with Crippen molar-refractivity contribution in [1.82, 2.24) is 19.9 Å². The number of halogens is 1. The number of hydrogen-bond acceptors (Lipinski definition) is 6. The summed E-state index contributed by atoms with van der Waals surface area (Å²) < 4.78 is 13.0. The van der Waals surface area contributed by atoms with Crippen LogP contribution in [0.15, 0.2) is 62.8 Å². The lowest BCUT2D eigenvalue weighted by Gasteiger charge is -2.09. The molecule has 0 saturated carbocycles. The van der Waals surface area contributed by atoms with Gasteiger partial charge in [-0.2, -0.15) is 0 Å². The molecule has 0 radical (unpaired) electrons. The van der Waals surface area contributed by atoms with Gasteiger partial charge in [0, 0.05) is 23.2 Å². The van der Waals surface area contributed by atoms with E-state index in [1.54, 1.807) is 18.0 Å². The highest BCUT2D eigenvalue weighted by molar-refractivity contribution is 7.99. The molecule has 138 valence electrons. The minimum absolute atomic E-state index is 0.0423. The molecule has 0 aliphatic carbocycles. The normalized spacial score (nSPS) is 12.4. The summed E-state index contributed by atoms with van der Waals surface area (Å²) in [4.78, 5) is 0. The molecule has 0 amide bonds. The molecular formula is C19H17ClN4O2S. The number of aromatic nitrogens is 4. The predicted octanol–water partition coefficient (Wildman–Crippen LogP) is 5.72. The van der Waals surface area contributed by atoms with Gasteiger partial charge in [-0.05, 0) is 38.1 Å². The molecule has 0 aliphatic rings. The summed E-state index contributed by atoms with van der Waals surface area (Å²) in [6, 6.07) is 13.2. The average molecular weight is 401 g/mol. The predicted molar refractivity (Wildman–Crippen MR) is 105 cm³/mol. The van der Waals surface area contributed by atoms with Crippen LogP contribution in [0.3, 0.4) is 0 Å². The summed E-state index contributed by atoms with van der Waals surface area (Å²) in [5.41, 5.74) is 1.73. The third-order valence-electron chi connectivity index (χ3n) is 4.11. The minimum atomic E-state index is 0.0423. The summed E-state index contributed by atoms with van der Waals surface area (Å²) >= 11 is 7.63. The van der Waals surface area contributed by atoms with E-state index in [1.807, 2.05) is 47.0 Å². The first-order valence-corrected chi connectivity index (χ1v) is 9.77. The lowest BCUT2D eigenvalue weighted by atomic mass is 10.1. The second-order valence-corrected chi connectivity index (χ2v) is 7.66. The van der Waals surface area contributed by atoms with Crippen molar-refractivity contribution in [1.29, 1.82) is 0 Å². The van der Waals surface area contributed by atoms with Crippen LogP contribution >= 0.6 is 23.4 Å². The van der Waals surface area contributed by atoms with Gasteiger partial charge < -0.3 is 8.94 Å². The van der Waals surface area contributed by atoms with Crippen LogP contribution in [0.2, 0.25) is 5.02 Å². The molecule has 3 heterocycles. The smallest absolute Gasteiger partial charge is 0.200 e. The second kappa shape index (κ2) is 7.62. The fraction of sp³-hybridized carbons (Fsp3) is 0.211. The molecule has 4 rings (SSSR count).